The van der Waals surface area contributed by atoms with Crippen molar-refractivity contribution >= 4 is 23.4 Å². The summed E-state index contributed by atoms with van der Waals surface area (Å²) < 4.78 is 41.5. The van der Waals surface area contributed by atoms with E-state index in [0.29, 0.717) is 29.5 Å². The van der Waals surface area contributed by atoms with Crippen LogP contribution in [0.25, 0.3) is 16.9 Å². The summed E-state index contributed by atoms with van der Waals surface area (Å²) in [5, 5.41) is 11.5. The van der Waals surface area contributed by atoms with Crippen molar-refractivity contribution in [2.24, 2.45) is 0 Å². The van der Waals surface area contributed by atoms with Crippen molar-refractivity contribution in [3.63, 3.8) is 0 Å². The van der Waals surface area contributed by atoms with Gasteiger partial charge in [0.1, 0.15) is 0 Å². The Balaban J connectivity index is 1.75. The summed E-state index contributed by atoms with van der Waals surface area (Å²) in [4.78, 5) is 29.3. The number of rotatable bonds is 6. The zero-order chi connectivity index (χ0) is 23.6. The number of amides is 1. The van der Waals surface area contributed by atoms with Crippen molar-refractivity contribution in [2.45, 2.75) is 24.2 Å². The highest BCUT2D eigenvalue weighted by atomic mass is 32.2. The van der Waals surface area contributed by atoms with E-state index in [1.54, 1.807) is 11.0 Å². The van der Waals surface area contributed by atoms with Crippen molar-refractivity contribution in [1.82, 2.24) is 14.5 Å². The Morgan fingerprint density at radius 2 is 1.85 bits per heavy atom. The van der Waals surface area contributed by atoms with Crippen LogP contribution in [0.3, 0.4) is 0 Å². The van der Waals surface area contributed by atoms with Crippen LogP contribution in [0.2, 0.25) is 0 Å². The maximum absolute atomic E-state index is 13.3. The Hall–Kier alpha value is -3.34. The first-order valence-corrected chi connectivity index (χ1v) is 11.1. The Bertz CT molecular complexity index is 1190. The van der Waals surface area contributed by atoms with Crippen LogP contribution in [0, 0.1) is 10.1 Å². The van der Waals surface area contributed by atoms with Crippen LogP contribution in [0.15, 0.2) is 59.9 Å². The van der Waals surface area contributed by atoms with Gasteiger partial charge in [-0.25, -0.2) is 4.98 Å². The average Bonchev–Trinajstić information content (AvgIpc) is 3.47. The second-order valence-electron chi connectivity index (χ2n) is 7.49. The summed E-state index contributed by atoms with van der Waals surface area (Å²) in [6.07, 6.45) is -1.19. The van der Waals surface area contributed by atoms with Gasteiger partial charge >= 0.3 is 6.18 Å². The minimum atomic E-state index is -4.54. The quantitative estimate of drug-likeness (QED) is 0.278. The zero-order valence-electron chi connectivity index (χ0n) is 17.3. The van der Waals surface area contributed by atoms with E-state index in [0.717, 1.165) is 36.7 Å². The predicted molar refractivity (Wildman–Crippen MR) is 117 cm³/mol. The lowest BCUT2D eigenvalue weighted by Crippen LogP contribution is -2.29. The molecule has 0 atom stereocenters. The van der Waals surface area contributed by atoms with Crippen LogP contribution in [0.5, 0.6) is 0 Å². The summed E-state index contributed by atoms with van der Waals surface area (Å²) in [6, 6.07) is 10.6. The summed E-state index contributed by atoms with van der Waals surface area (Å²) in [5.41, 5.74) is 0.0198. The standard InChI is InChI=1S/C22H19F3N4O3S/c23-22(24,25)16-6-4-7-17(12-16)28-19(15-5-3-8-18(11-15)29(31)32)13-26-21(28)33-14-20(30)27-9-1-2-10-27/h3-8,11-13H,1-2,9-10,14H2. The summed E-state index contributed by atoms with van der Waals surface area (Å²) in [6.45, 7) is 1.39. The third-order valence-electron chi connectivity index (χ3n) is 5.30. The number of nitro groups is 1. The number of likely N-dealkylation sites (tertiary alicyclic amines) is 1. The summed E-state index contributed by atoms with van der Waals surface area (Å²) in [5.74, 6) is 0.0256. The number of alkyl halides is 3. The van der Waals surface area contributed by atoms with Gasteiger partial charge in [0.25, 0.3) is 5.69 Å². The first-order valence-electron chi connectivity index (χ1n) is 10.1. The molecule has 2 heterocycles. The largest absolute Gasteiger partial charge is 0.416 e. The fourth-order valence-electron chi connectivity index (χ4n) is 3.67. The van der Waals surface area contributed by atoms with E-state index in [9.17, 15) is 28.1 Å². The minimum absolute atomic E-state index is 0.0620. The fraction of sp³-hybridized carbons (Fsp3) is 0.273. The molecule has 0 spiro atoms. The lowest BCUT2D eigenvalue weighted by molar-refractivity contribution is -0.384. The highest BCUT2D eigenvalue weighted by Crippen LogP contribution is 2.35. The van der Waals surface area contributed by atoms with E-state index < -0.39 is 16.7 Å². The second-order valence-corrected chi connectivity index (χ2v) is 8.44. The van der Waals surface area contributed by atoms with Gasteiger partial charge < -0.3 is 4.90 Å². The van der Waals surface area contributed by atoms with Gasteiger partial charge in [0, 0.05) is 36.5 Å². The molecule has 0 unspecified atom stereocenters. The number of hydrogen-bond acceptors (Lipinski definition) is 5. The molecule has 11 heteroatoms. The molecule has 4 rings (SSSR count). The summed E-state index contributed by atoms with van der Waals surface area (Å²) >= 11 is 1.12. The molecule has 0 aliphatic carbocycles. The molecule has 33 heavy (non-hydrogen) atoms. The number of non-ortho nitro benzene ring substituents is 1. The molecule has 7 nitrogen and oxygen atoms in total. The van der Waals surface area contributed by atoms with Gasteiger partial charge in [-0.15, -0.1) is 0 Å². The van der Waals surface area contributed by atoms with Crippen molar-refractivity contribution in [2.75, 3.05) is 18.8 Å². The molecule has 1 aliphatic rings. The molecule has 3 aromatic rings. The predicted octanol–water partition coefficient (Wildman–Crippen LogP) is 5.18. The molecule has 1 aliphatic heterocycles. The van der Waals surface area contributed by atoms with Crippen LogP contribution in [-0.2, 0) is 11.0 Å². The van der Waals surface area contributed by atoms with E-state index in [1.807, 2.05) is 0 Å². The molecular weight excluding hydrogens is 457 g/mol. The Morgan fingerprint density at radius 1 is 1.12 bits per heavy atom. The van der Waals surface area contributed by atoms with E-state index in [1.165, 1.54) is 41.1 Å². The fourth-order valence-corrected chi connectivity index (χ4v) is 4.57. The highest BCUT2D eigenvalue weighted by Gasteiger charge is 2.31. The van der Waals surface area contributed by atoms with Gasteiger partial charge in [0.2, 0.25) is 5.91 Å². The normalized spacial score (nSPS) is 14.0. The smallest absolute Gasteiger partial charge is 0.342 e. The molecule has 1 fully saturated rings. The van der Waals surface area contributed by atoms with Crippen LogP contribution in [0.1, 0.15) is 18.4 Å². The first kappa shape index (κ1) is 22.8. The first-order chi connectivity index (χ1) is 15.7. The zero-order valence-corrected chi connectivity index (χ0v) is 18.1. The van der Waals surface area contributed by atoms with Crippen molar-refractivity contribution < 1.29 is 22.9 Å². The number of halogens is 3. The lowest BCUT2D eigenvalue weighted by Gasteiger charge is -2.16. The Morgan fingerprint density at radius 3 is 2.55 bits per heavy atom. The number of nitro benzene ring substituents is 1. The monoisotopic (exact) mass is 476 g/mol. The Labute approximate surface area is 191 Å². The lowest BCUT2D eigenvalue weighted by atomic mass is 10.1. The number of carbonyl (C=O) groups is 1. The molecular formula is C22H19F3N4O3S. The molecule has 1 aromatic heterocycles. The molecule has 1 saturated heterocycles. The van der Waals surface area contributed by atoms with E-state index >= 15 is 0 Å². The number of thioether (sulfide) groups is 1. The molecule has 0 N–H and O–H groups in total. The average molecular weight is 476 g/mol. The third-order valence-corrected chi connectivity index (χ3v) is 6.23. The van der Waals surface area contributed by atoms with E-state index in [-0.39, 0.29) is 23.0 Å². The number of nitrogens with zero attached hydrogens (tertiary/aromatic N) is 4. The highest BCUT2D eigenvalue weighted by molar-refractivity contribution is 7.99. The summed E-state index contributed by atoms with van der Waals surface area (Å²) in [7, 11) is 0. The molecule has 0 radical (unpaired) electrons. The van der Waals surface area contributed by atoms with Crippen LogP contribution in [0.4, 0.5) is 18.9 Å². The maximum Gasteiger partial charge on any atom is 0.416 e. The van der Waals surface area contributed by atoms with E-state index in [2.05, 4.69) is 4.98 Å². The SMILES string of the molecule is O=C(CSc1ncc(-c2cccc([N+](=O)[O-])c2)n1-c1cccc(C(F)(F)F)c1)N1CCCC1. The van der Waals surface area contributed by atoms with Gasteiger partial charge in [-0.3, -0.25) is 19.5 Å². The number of benzene rings is 2. The van der Waals surface area contributed by atoms with Gasteiger partial charge in [-0.2, -0.15) is 13.2 Å². The molecule has 1 amide bonds. The van der Waals surface area contributed by atoms with Gasteiger partial charge in [-0.1, -0.05) is 30.0 Å². The Kier molecular flexibility index (Phi) is 6.41. The molecule has 0 bridgehead atoms. The van der Waals surface area contributed by atoms with Crippen molar-refractivity contribution in [3.8, 4) is 16.9 Å². The van der Waals surface area contributed by atoms with Gasteiger partial charge in [-0.05, 0) is 31.0 Å². The molecule has 0 saturated carbocycles. The van der Waals surface area contributed by atoms with Crippen molar-refractivity contribution in [3.05, 3.63) is 70.4 Å². The van der Waals surface area contributed by atoms with E-state index in [4.69, 9.17) is 0 Å². The van der Waals surface area contributed by atoms with Gasteiger partial charge in [0.05, 0.1) is 28.1 Å². The van der Waals surface area contributed by atoms with Crippen LogP contribution < -0.4 is 0 Å². The second kappa shape index (κ2) is 9.26. The minimum Gasteiger partial charge on any atom is -0.342 e. The molecule has 2 aromatic carbocycles. The molecule has 172 valence electrons. The number of carbonyl (C=O) groups excluding carboxylic acids is 1. The number of aromatic nitrogens is 2. The topological polar surface area (TPSA) is 81.3 Å². The van der Waals surface area contributed by atoms with Crippen molar-refractivity contribution in [1.29, 1.82) is 0 Å². The maximum atomic E-state index is 13.3. The number of imidazole rings is 1. The number of hydrogen-bond donors (Lipinski definition) is 0. The van der Waals surface area contributed by atoms with Gasteiger partial charge in [0.15, 0.2) is 5.16 Å². The van der Waals surface area contributed by atoms with Crippen LogP contribution in [-0.4, -0.2) is 44.1 Å². The van der Waals surface area contributed by atoms with Crippen LogP contribution >= 0.6 is 11.8 Å². The third kappa shape index (κ3) is 5.03.